The van der Waals surface area contributed by atoms with Crippen molar-refractivity contribution in [3.05, 3.63) is 64.7 Å². The summed E-state index contributed by atoms with van der Waals surface area (Å²) in [4.78, 5) is 0. The van der Waals surface area contributed by atoms with Gasteiger partial charge >= 0.3 is 0 Å². The molecule has 1 fully saturated rings. The van der Waals surface area contributed by atoms with E-state index < -0.39 is 10.0 Å². The van der Waals surface area contributed by atoms with Crippen molar-refractivity contribution in [2.75, 3.05) is 26.9 Å². The molecule has 7 heteroatoms. The summed E-state index contributed by atoms with van der Waals surface area (Å²) in [6, 6.07) is 14.8. The van der Waals surface area contributed by atoms with Crippen LogP contribution in [0.4, 0.5) is 0 Å². The lowest BCUT2D eigenvalue weighted by Crippen LogP contribution is -2.44. The van der Waals surface area contributed by atoms with E-state index in [0.717, 1.165) is 24.2 Å². The number of benzene rings is 2. The second-order valence-corrected chi connectivity index (χ2v) is 9.01. The van der Waals surface area contributed by atoms with Crippen LogP contribution in [0.1, 0.15) is 24.0 Å². The number of methoxy groups -OCH3 is 1. The highest BCUT2D eigenvalue weighted by molar-refractivity contribution is 7.88. The minimum Gasteiger partial charge on any atom is -0.497 e. The fourth-order valence-corrected chi connectivity index (χ4v) is 4.93. The van der Waals surface area contributed by atoms with E-state index in [2.05, 4.69) is 4.72 Å². The highest BCUT2D eigenvalue weighted by Crippen LogP contribution is 2.35. The van der Waals surface area contributed by atoms with Crippen LogP contribution in [0.3, 0.4) is 0 Å². The lowest BCUT2D eigenvalue weighted by atomic mass is 9.74. The topological polar surface area (TPSA) is 64.6 Å². The molecule has 0 aromatic heterocycles. The van der Waals surface area contributed by atoms with E-state index in [1.807, 2.05) is 24.3 Å². The molecule has 0 unspecified atom stereocenters. The summed E-state index contributed by atoms with van der Waals surface area (Å²) in [6.45, 7) is 1.55. The molecule has 1 saturated heterocycles. The smallest absolute Gasteiger partial charge is 0.215 e. The Balaban J connectivity index is 1.77. The fraction of sp³-hybridized carbons (Fsp3) is 0.400. The Morgan fingerprint density at radius 1 is 1.11 bits per heavy atom. The predicted octanol–water partition coefficient (Wildman–Crippen LogP) is 3.52. The van der Waals surface area contributed by atoms with Gasteiger partial charge in [-0.3, -0.25) is 0 Å². The van der Waals surface area contributed by atoms with Crippen molar-refractivity contribution < 1.29 is 17.9 Å². The van der Waals surface area contributed by atoms with Crippen LogP contribution in [0.25, 0.3) is 0 Å². The Hall–Kier alpha value is -1.60. The molecule has 0 saturated carbocycles. The third kappa shape index (κ3) is 5.02. The van der Waals surface area contributed by atoms with E-state index in [1.165, 1.54) is 0 Å². The van der Waals surface area contributed by atoms with Crippen LogP contribution in [0.15, 0.2) is 48.5 Å². The maximum Gasteiger partial charge on any atom is 0.215 e. The molecule has 0 aliphatic carbocycles. The molecule has 2 aromatic carbocycles. The van der Waals surface area contributed by atoms with Gasteiger partial charge in [-0.05, 0) is 42.2 Å². The zero-order valence-electron chi connectivity index (χ0n) is 15.3. The minimum atomic E-state index is -3.52. The van der Waals surface area contributed by atoms with Crippen molar-refractivity contribution in [1.82, 2.24) is 4.72 Å². The number of sulfonamides is 1. The number of nitrogens with one attached hydrogen (secondary N) is 1. The number of hydrogen-bond donors (Lipinski definition) is 1. The van der Waals surface area contributed by atoms with Gasteiger partial charge < -0.3 is 9.47 Å². The first-order chi connectivity index (χ1) is 12.9. The Morgan fingerprint density at radius 3 is 2.41 bits per heavy atom. The number of halogens is 1. The van der Waals surface area contributed by atoms with Gasteiger partial charge in [0.05, 0.1) is 12.9 Å². The first-order valence-corrected chi connectivity index (χ1v) is 10.9. The number of ether oxygens (including phenoxy) is 2. The van der Waals surface area contributed by atoms with E-state index in [-0.39, 0.29) is 11.2 Å². The highest BCUT2D eigenvalue weighted by Gasteiger charge is 2.35. The molecule has 2 aromatic rings. The summed E-state index contributed by atoms with van der Waals surface area (Å²) in [5.41, 5.74) is 1.39. The first-order valence-electron chi connectivity index (χ1n) is 8.87. The highest BCUT2D eigenvalue weighted by atomic mass is 35.5. The van der Waals surface area contributed by atoms with Gasteiger partial charge in [-0.2, -0.15) is 0 Å². The van der Waals surface area contributed by atoms with Gasteiger partial charge in [0, 0.05) is 30.2 Å². The molecule has 1 aliphatic heterocycles. The summed E-state index contributed by atoms with van der Waals surface area (Å²) in [7, 11) is -1.89. The second-order valence-electron chi connectivity index (χ2n) is 6.79. The van der Waals surface area contributed by atoms with Crippen molar-refractivity contribution in [3.63, 3.8) is 0 Å². The molecular weight excluding hydrogens is 386 g/mol. The molecule has 0 spiro atoms. The van der Waals surface area contributed by atoms with Crippen LogP contribution in [-0.4, -0.2) is 35.3 Å². The zero-order chi connectivity index (χ0) is 19.3. The molecule has 0 amide bonds. The van der Waals surface area contributed by atoms with E-state index in [9.17, 15) is 8.42 Å². The van der Waals surface area contributed by atoms with Crippen molar-refractivity contribution >= 4 is 21.6 Å². The summed E-state index contributed by atoms with van der Waals surface area (Å²) >= 11 is 6.11. The molecule has 146 valence electrons. The average molecular weight is 410 g/mol. The number of hydrogen-bond acceptors (Lipinski definition) is 4. The van der Waals surface area contributed by atoms with E-state index in [0.29, 0.717) is 30.3 Å². The standard InChI is InChI=1S/C20H24ClNO4S/c1-25-18-8-6-17(7-9-18)20(10-12-26-13-11-20)15-22-27(23,24)14-16-4-2-3-5-19(16)21/h2-9,22H,10-15H2,1H3. The molecule has 1 N–H and O–H groups in total. The van der Waals surface area contributed by atoms with Crippen LogP contribution in [0.2, 0.25) is 5.02 Å². The largest absolute Gasteiger partial charge is 0.497 e. The van der Waals surface area contributed by atoms with Crippen molar-refractivity contribution in [2.24, 2.45) is 0 Å². The minimum absolute atomic E-state index is 0.137. The maximum atomic E-state index is 12.6. The normalized spacial score (nSPS) is 16.8. The third-order valence-corrected chi connectivity index (χ3v) is 6.73. The molecule has 27 heavy (non-hydrogen) atoms. The lowest BCUT2D eigenvalue weighted by Gasteiger charge is -2.38. The molecular formula is C20H24ClNO4S. The molecule has 3 rings (SSSR count). The summed E-state index contributed by atoms with van der Waals surface area (Å²) in [5, 5.41) is 0.457. The molecule has 1 aliphatic rings. The van der Waals surface area contributed by atoms with Crippen molar-refractivity contribution in [3.8, 4) is 5.75 Å². The van der Waals surface area contributed by atoms with Crippen molar-refractivity contribution in [2.45, 2.75) is 24.0 Å². The van der Waals surface area contributed by atoms with Gasteiger partial charge in [0.2, 0.25) is 10.0 Å². The summed E-state index contributed by atoms with van der Waals surface area (Å²) < 4.78 is 38.8. The summed E-state index contributed by atoms with van der Waals surface area (Å²) in [6.07, 6.45) is 1.52. The van der Waals surface area contributed by atoms with E-state index in [4.69, 9.17) is 21.1 Å². The summed E-state index contributed by atoms with van der Waals surface area (Å²) in [5.74, 6) is 0.641. The molecule has 5 nitrogen and oxygen atoms in total. The Bertz CT molecular complexity index is 862. The van der Waals surface area contributed by atoms with Gasteiger partial charge in [-0.1, -0.05) is 41.9 Å². The van der Waals surface area contributed by atoms with E-state index in [1.54, 1.807) is 31.4 Å². The van der Waals surface area contributed by atoms with Gasteiger partial charge in [0.15, 0.2) is 0 Å². The Kier molecular flexibility index (Phi) is 6.42. The van der Waals surface area contributed by atoms with Gasteiger partial charge in [0.1, 0.15) is 5.75 Å². The van der Waals surface area contributed by atoms with Crippen LogP contribution < -0.4 is 9.46 Å². The van der Waals surface area contributed by atoms with Gasteiger partial charge in [-0.25, -0.2) is 13.1 Å². The maximum absolute atomic E-state index is 12.6. The molecule has 0 atom stereocenters. The zero-order valence-corrected chi connectivity index (χ0v) is 16.9. The van der Waals surface area contributed by atoms with Crippen LogP contribution in [-0.2, 0) is 25.9 Å². The lowest BCUT2D eigenvalue weighted by molar-refractivity contribution is 0.0517. The molecule has 0 radical (unpaired) electrons. The monoisotopic (exact) mass is 409 g/mol. The fourth-order valence-electron chi connectivity index (χ4n) is 3.39. The van der Waals surface area contributed by atoms with Crippen LogP contribution in [0, 0.1) is 0 Å². The Labute approximate surface area is 165 Å². The SMILES string of the molecule is COc1ccc(C2(CNS(=O)(=O)Cc3ccccc3Cl)CCOCC2)cc1. The van der Waals surface area contributed by atoms with Gasteiger partial charge in [0.25, 0.3) is 0 Å². The molecule has 0 bridgehead atoms. The van der Waals surface area contributed by atoms with Crippen LogP contribution >= 0.6 is 11.6 Å². The number of rotatable bonds is 7. The van der Waals surface area contributed by atoms with E-state index >= 15 is 0 Å². The third-order valence-electron chi connectivity index (χ3n) is 5.09. The first kappa shape index (κ1) is 20.1. The van der Waals surface area contributed by atoms with Gasteiger partial charge in [-0.15, -0.1) is 0 Å². The van der Waals surface area contributed by atoms with Crippen molar-refractivity contribution in [1.29, 1.82) is 0 Å². The molecule has 1 heterocycles. The second kappa shape index (κ2) is 8.61. The average Bonchev–Trinajstić information content (AvgIpc) is 2.69. The predicted molar refractivity (Wildman–Crippen MR) is 107 cm³/mol. The Morgan fingerprint density at radius 2 is 1.78 bits per heavy atom. The quantitative estimate of drug-likeness (QED) is 0.759. The van der Waals surface area contributed by atoms with Crippen LogP contribution in [0.5, 0.6) is 5.75 Å².